The average Bonchev–Trinajstić information content (AvgIpc) is 3.37. The molecule has 0 spiro atoms. The van der Waals surface area contributed by atoms with Crippen LogP contribution in [0, 0.1) is 23.2 Å². The lowest BCUT2D eigenvalue weighted by atomic mass is 9.49. The number of rotatable bonds is 5. The van der Waals surface area contributed by atoms with Crippen LogP contribution in [-0.4, -0.2) is 35.4 Å². The predicted octanol–water partition coefficient (Wildman–Crippen LogP) is 6.06. The molecular weight excluding hydrogens is 390 g/mol. The Balaban J connectivity index is 1.16. The van der Waals surface area contributed by atoms with Gasteiger partial charge in [-0.2, -0.15) is 0 Å². The maximum Gasteiger partial charge on any atom is 0.197 e. The zero-order valence-corrected chi connectivity index (χ0v) is 19.1. The molecule has 2 aliphatic heterocycles. The van der Waals surface area contributed by atoms with Gasteiger partial charge in [0.2, 0.25) is 0 Å². The molecule has 6 aliphatic rings. The highest BCUT2D eigenvalue weighted by atomic mass is 15.5. The zero-order valence-electron chi connectivity index (χ0n) is 19.1. The lowest BCUT2D eigenvalue weighted by Crippen LogP contribution is -2.47. The van der Waals surface area contributed by atoms with E-state index in [2.05, 4.69) is 70.5 Å². The fourth-order valence-corrected chi connectivity index (χ4v) is 8.52. The van der Waals surface area contributed by atoms with Crippen LogP contribution in [-0.2, 0) is 0 Å². The monoisotopic (exact) mass is 425 g/mol. The van der Waals surface area contributed by atoms with Gasteiger partial charge in [0.05, 0.1) is 18.6 Å². The largest absolute Gasteiger partial charge is 0.334 e. The highest BCUT2D eigenvalue weighted by molar-refractivity contribution is 5.85. The Kier molecular flexibility index (Phi) is 4.42. The summed E-state index contributed by atoms with van der Waals surface area (Å²) in [5.41, 5.74) is 3.48. The van der Waals surface area contributed by atoms with Crippen LogP contribution in [0.5, 0.6) is 0 Å². The molecule has 166 valence electrons. The minimum atomic E-state index is 0.391. The van der Waals surface area contributed by atoms with Gasteiger partial charge in [0.1, 0.15) is 0 Å². The molecule has 4 aliphatic carbocycles. The summed E-state index contributed by atoms with van der Waals surface area (Å²) in [4.78, 5) is 10.4. The van der Waals surface area contributed by atoms with Gasteiger partial charge in [-0.1, -0.05) is 60.7 Å². The first-order valence-corrected chi connectivity index (χ1v) is 12.9. The first kappa shape index (κ1) is 19.2. The molecule has 0 amide bonds. The van der Waals surface area contributed by atoms with Crippen LogP contribution in [0.15, 0.2) is 65.7 Å². The first-order valence-electron chi connectivity index (χ1n) is 12.9. The van der Waals surface area contributed by atoms with Crippen LogP contribution in [0.1, 0.15) is 68.2 Å². The lowest BCUT2D eigenvalue weighted by Gasteiger charge is -2.57. The van der Waals surface area contributed by atoms with Crippen molar-refractivity contribution in [2.24, 2.45) is 28.2 Å². The molecule has 32 heavy (non-hydrogen) atoms. The van der Waals surface area contributed by atoms with Crippen molar-refractivity contribution in [1.29, 1.82) is 0 Å². The topological polar surface area (TPSA) is 18.8 Å². The maximum atomic E-state index is 5.15. The molecule has 4 saturated carbocycles. The van der Waals surface area contributed by atoms with Gasteiger partial charge in [-0.05, 0) is 79.2 Å². The maximum absolute atomic E-state index is 5.15. The van der Waals surface area contributed by atoms with Crippen LogP contribution in [0.2, 0.25) is 0 Å². The SMILES string of the molecule is c1ccc([C@H]2CN=C3N2C[C@@H](c2ccccc2)N3CCC23CC4CC(CC(C4)C2)C3)cc1. The van der Waals surface area contributed by atoms with Crippen LogP contribution in [0.3, 0.4) is 0 Å². The van der Waals surface area contributed by atoms with Crippen molar-refractivity contribution in [2.75, 3.05) is 19.6 Å². The quantitative estimate of drug-likeness (QED) is 0.580. The second kappa shape index (κ2) is 7.37. The predicted molar refractivity (Wildman–Crippen MR) is 129 cm³/mol. The van der Waals surface area contributed by atoms with E-state index >= 15 is 0 Å². The van der Waals surface area contributed by atoms with E-state index in [-0.39, 0.29) is 0 Å². The van der Waals surface area contributed by atoms with E-state index in [1.165, 1.54) is 68.6 Å². The summed E-state index contributed by atoms with van der Waals surface area (Å²) in [5.74, 6) is 4.37. The van der Waals surface area contributed by atoms with Crippen molar-refractivity contribution in [2.45, 2.75) is 57.0 Å². The molecule has 2 aromatic carbocycles. The van der Waals surface area contributed by atoms with Crippen molar-refractivity contribution in [3.8, 4) is 0 Å². The normalized spacial score (nSPS) is 37.1. The van der Waals surface area contributed by atoms with Gasteiger partial charge >= 0.3 is 0 Å². The summed E-state index contributed by atoms with van der Waals surface area (Å²) in [6, 6.07) is 23.0. The summed E-state index contributed by atoms with van der Waals surface area (Å²) in [7, 11) is 0. The fraction of sp³-hybridized carbons (Fsp3) is 0.552. The Morgan fingerprint density at radius 3 is 1.91 bits per heavy atom. The third kappa shape index (κ3) is 3.11. The Morgan fingerprint density at radius 2 is 1.31 bits per heavy atom. The summed E-state index contributed by atoms with van der Waals surface area (Å²) < 4.78 is 0. The molecule has 0 unspecified atom stereocenters. The summed E-state index contributed by atoms with van der Waals surface area (Å²) >= 11 is 0. The Morgan fingerprint density at radius 1 is 0.750 bits per heavy atom. The van der Waals surface area contributed by atoms with Crippen molar-refractivity contribution in [1.82, 2.24) is 9.80 Å². The summed E-state index contributed by atoms with van der Waals surface area (Å²) in [5, 5.41) is 0. The van der Waals surface area contributed by atoms with E-state index in [1.54, 1.807) is 0 Å². The smallest absolute Gasteiger partial charge is 0.197 e. The van der Waals surface area contributed by atoms with Gasteiger partial charge in [0.15, 0.2) is 5.96 Å². The fourth-order valence-electron chi connectivity index (χ4n) is 8.52. The molecule has 3 heteroatoms. The van der Waals surface area contributed by atoms with Crippen molar-refractivity contribution in [3.05, 3.63) is 71.8 Å². The third-order valence-electron chi connectivity index (χ3n) is 9.46. The van der Waals surface area contributed by atoms with Crippen LogP contribution in [0.25, 0.3) is 0 Å². The van der Waals surface area contributed by atoms with Crippen molar-refractivity contribution in [3.63, 3.8) is 0 Å². The Bertz CT molecular complexity index is 962. The lowest BCUT2D eigenvalue weighted by molar-refractivity contribution is -0.0596. The van der Waals surface area contributed by atoms with Crippen LogP contribution in [0.4, 0.5) is 0 Å². The number of nitrogens with zero attached hydrogens (tertiary/aromatic N) is 3. The van der Waals surface area contributed by atoms with E-state index in [0.29, 0.717) is 17.5 Å². The molecule has 5 fully saturated rings. The summed E-state index contributed by atoms with van der Waals surface area (Å²) in [6.07, 6.45) is 10.5. The molecule has 2 heterocycles. The molecule has 1 saturated heterocycles. The van der Waals surface area contributed by atoms with E-state index in [0.717, 1.165) is 30.8 Å². The zero-order chi connectivity index (χ0) is 21.1. The average molecular weight is 426 g/mol. The first-order chi connectivity index (χ1) is 15.8. The number of aliphatic imine (C=N–C) groups is 1. The van der Waals surface area contributed by atoms with Gasteiger partial charge in [-0.3, -0.25) is 4.99 Å². The standard InChI is InChI=1S/C29H35N3/c1-3-7-24(8-4-1)26-19-30-28-31(27(20-32(26)28)25-9-5-2-6-10-25)12-11-29-16-21-13-22(17-29)15-23(14-21)18-29/h1-10,21-23,26-27H,11-20H2/t21?,22?,23?,26-,27+,29?/m1/s1. The molecule has 3 nitrogen and oxygen atoms in total. The number of benzene rings is 2. The van der Waals surface area contributed by atoms with Gasteiger partial charge < -0.3 is 9.80 Å². The van der Waals surface area contributed by atoms with Gasteiger partial charge in [0.25, 0.3) is 0 Å². The highest BCUT2D eigenvalue weighted by Crippen LogP contribution is 2.61. The minimum absolute atomic E-state index is 0.391. The Labute approximate surface area is 192 Å². The second-order valence-electron chi connectivity index (χ2n) is 11.5. The Hall–Kier alpha value is -2.29. The molecular formula is C29H35N3. The van der Waals surface area contributed by atoms with Crippen molar-refractivity contribution < 1.29 is 0 Å². The van der Waals surface area contributed by atoms with E-state index in [4.69, 9.17) is 4.99 Å². The molecule has 0 N–H and O–H groups in total. The van der Waals surface area contributed by atoms with E-state index in [1.807, 2.05) is 0 Å². The van der Waals surface area contributed by atoms with Gasteiger partial charge in [-0.15, -0.1) is 0 Å². The molecule has 0 aromatic heterocycles. The van der Waals surface area contributed by atoms with Crippen LogP contribution >= 0.6 is 0 Å². The minimum Gasteiger partial charge on any atom is -0.334 e. The van der Waals surface area contributed by atoms with E-state index in [9.17, 15) is 0 Å². The molecule has 2 aromatic rings. The van der Waals surface area contributed by atoms with Crippen molar-refractivity contribution >= 4 is 5.96 Å². The number of fused-ring (bicyclic) bond motifs is 1. The van der Waals surface area contributed by atoms with Gasteiger partial charge in [-0.25, -0.2) is 0 Å². The second-order valence-corrected chi connectivity index (χ2v) is 11.5. The number of hydrogen-bond donors (Lipinski definition) is 0. The highest BCUT2D eigenvalue weighted by Gasteiger charge is 2.51. The number of hydrogen-bond acceptors (Lipinski definition) is 3. The molecule has 2 atom stereocenters. The summed E-state index contributed by atoms with van der Waals surface area (Å²) in [6.45, 7) is 3.13. The number of guanidine groups is 1. The van der Waals surface area contributed by atoms with Gasteiger partial charge in [0, 0.05) is 13.1 Å². The molecule has 8 rings (SSSR count). The van der Waals surface area contributed by atoms with E-state index < -0.39 is 0 Å². The molecule has 4 bridgehead atoms. The third-order valence-corrected chi connectivity index (χ3v) is 9.46. The molecule has 0 radical (unpaired) electrons. The van der Waals surface area contributed by atoms with Crippen LogP contribution < -0.4 is 0 Å².